The summed E-state index contributed by atoms with van der Waals surface area (Å²) in [5.41, 5.74) is 0.229. The zero-order valence-corrected chi connectivity index (χ0v) is 13.1. The van der Waals surface area contributed by atoms with Crippen LogP contribution in [-0.4, -0.2) is 19.2 Å². The van der Waals surface area contributed by atoms with E-state index in [-0.39, 0.29) is 30.5 Å². The molecule has 0 amide bonds. The molecule has 2 aromatic carbocycles. The van der Waals surface area contributed by atoms with E-state index in [0.29, 0.717) is 17.9 Å². The van der Waals surface area contributed by atoms with Crippen LogP contribution >= 0.6 is 0 Å². The molecule has 0 N–H and O–H groups in total. The highest BCUT2D eigenvalue weighted by atomic mass is 19.1. The molecule has 124 valence electrons. The molecule has 0 atom stereocenters. The van der Waals surface area contributed by atoms with Crippen molar-refractivity contribution in [2.24, 2.45) is 0 Å². The van der Waals surface area contributed by atoms with Gasteiger partial charge in [-0.3, -0.25) is 4.79 Å². The van der Waals surface area contributed by atoms with Crippen molar-refractivity contribution in [3.63, 3.8) is 0 Å². The molecule has 0 radical (unpaired) electrons. The lowest BCUT2D eigenvalue weighted by Gasteiger charge is -2.09. The van der Waals surface area contributed by atoms with E-state index in [1.54, 1.807) is 31.2 Å². The van der Waals surface area contributed by atoms with Gasteiger partial charge in [-0.15, -0.1) is 0 Å². The lowest BCUT2D eigenvalue weighted by molar-refractivity contribution is -0.143. The Bertz CT molecular complexity index is 738. The molecular weight excluding hydrogens is 313 g/mol. The number of halogens is 1. The number of hydrogen-bond acceptors (Lipinski definition) is 5. The predicted molar refractivity (Wildman–Crippen MR) is 84.4 cm³/mol. The number of hydrogen-bond donors (Lipinski definition) is 0. The molecule has 6 heteroatoms. The molecule has 0 unspecified atom stereocenters. The van der Waals surface area contributed by atoms with Crippen molar-refractivity contribution in [2.75, 3.05) is 13.2 Å². The molecule has 0 aliphatic rings. The van der Waals surface area contributed by atoms with Crippen molar-refractivity contribution in [1.29, 1.82) is 5.26 Å². The Kier molecular flexibility index (Phi) is 6.15. The summed E-state index contributed by atoms with van der Waals surface area (Å²) in [4.78, 5) is 11.0. The Labute approximate surface area is 139 Å². The Morgan fingerprint density at radius 2 is 1.83 bits per heavy atom. The molecule has 0 aliphatic carbocycles. The Hall–Kier alpha value is -3.07. The minimum Gasteiger partial charge on any atom is -0.490 e. The first-order valence-corrected chi connectivity index (χ1v) is 7.38. The van der Waals surface area contributed by atoms with Crippen molar-refractivity contribution < 1.29 is 23.4 Å². The normalized spacial score (nSPS) is 9.88. The number of ether oxygens (including phenoxy) is 3. The third-order valence-electron chi connectivity index (χ3n) is 3.02. The first-order chi connectivity index (χ1) is 11.6. The summed E-state index contributed by atoms with van der Waals surface area (Å²) < 4.78 is 29.5. The lowest BCUT2D eigenvalue weighted by Crippen LogP contribution is -2.11. The number of esters is 1. The van der Waals surface area contributed by atoms with Crippen LogP contribution in [0.1, 0.15) is 18.9 Å². The highest BCUT2D eigenvalue weighted by molar-refractivity contribution is 5.68. The molecule has 0 aliphatic heterocycles. The van der Waals surface area contributed by atoms with E-state index >= 15 is 0 Å². The van der Waals surface area contributed by atoms with Gasteiger partial charge in [0.1, 0.15) is 24.7 Å². The quantitative estimate of drug-likeness (QED) is 0.570. The van der Waals surface area contributed by atoms with Crippen molar-refractivity contribution in [1.82, 2.24) is 0 Å². The van der Waals surface area contributed by atoms with E-state index < -0.39 is 5.82 Å². The fourth-order valence-corrected chi connectivity index (χ4v) is 1.80. The summed E-state index contributed by atoms with van der Waals surface area (Å²) in [6, 6.07) is 12.4. The van der Waals surface area contributed by atoms with Crippen LogP contribution in [0.5, 0.6) is 17.2 Å². The maximum atomic E-state index is 13.8. The molecule has 0 heterocycles. The van der Waals surface area contributed by atoms with Gasteiger partial charge in [-0.2, -0.15) is 5.26 Å². The van der Waals surface area contributed by atoms with Gasteiger partial charge in [-0.05, 0) is 42.5 Å². The van der Waals surface area contributed by atoms with Crippen molar-refractivity contribution in [3.05, 3.63) is 53.8 Å². The predicted octanol–water partition coefficient (Wildman–Crippen LogP) is 3.82. The molecule has 0 bridgehead atoms. The van der Waals surface area contributed by atoms with Crippen LogP contribution < -0.4 is 9.47 Å². The zero-order valence-electron chi connectivity index (χ0n) is 13.1. The first kappa shape index (κ1) is 17.3. The van der Waals surface area contributed by atoms with Gasteiger partial charge >= 0.3 is 5.97 Å². The van der Waals surface area contributed by atoms with Gasteiger partial charge in [-0.1, -0.05) is 6.92 Å². The summed E-state index contributed by atoms with van der Waals surface area (Å²) >= 11 is 0. The third-order valence-corrected chi connectivity index (χ3v) is 3.02. The van der Waals surface area contributed by atoms with E-state index in [4.69, 9.17) is 19.5 Å². The molecule has 0 saturated carbocycles. The average molecular weight is 329 g/mol. The second kappa shape index (κ2) is 8.53. The zero-order chi connectivity index (χ0) is 17.4. The number of carbonyl (C=O) groups excluding carboxylic acids is 1. The number of carbonyl (C=O) groups is 1. The van der Waals surface area contributed by atoms with E-state index in [9.17, 15) is 9.18 Å². The summed E-state index contributed by atoms with van der Waals surface area (Å²) in [5, 5.41) is 8.71. The number of nitrogens with zero attached hydrogens (tertiary/aromatic N) is 1. The lowest BCUT2D eigenvalue weighted by atomic mass is 10.2. The maximum Gasteiger partial charge on any atom is 0.305 e. The molecule has 2 rings (SSSR count). The SMILES string of the molecule is CCC(=O)OCCOc1ccc(Oc2ccc(C#N)cc2F)cc1. The molecule has 0 fully saturated rings. The molecule has 5 nitrogen and oxygen atoms in total. The number of rotatable bonds is 7. The molecule has 0 aromatic heterocycles. The topological polar surface area (TPSA) is 68.6 Å². The summed E-state index contributed by atoms with van der Waals surface area (Å²) in [7, 11) is 0. The highest BCUT2D eigenvalue weighted by Gasteiger charge is 2.06. The Balaban J connectivity index is 1.88. The molecule has 24 heavy (non-hydrogen) atoms. The summed E-state index contributed by atoms with van der Waals surface area (Å²) in [6.45, 7) is 2.15. The molecule has 2 aromatic rings. The summed E-state index contributed by atoms with van der Waals surface area (Å²) in [6.07, 6.45) is 0.331. The monoisotopic (exact) mass is 329 g/mol. The fraction of sp³-hybridized carbons (Fsp3) is 0.222. The van der Waals surface area contributed by atoms with Crippen molar-refractivity contribution >= 4 is 5.97 Å². The van der Waals surface area contributed by atoms with Gasteiger partial charge in [0.05, 0.1) is 11.6 Å². The van der Waals surface area contributed by atoms with Crippen LogP contribution in [0, 0.1) is 17.1 Å². The standard InChI is InChI=1S/C18H16FNO4/c1-2-18(21)23-10-9-22-14-4-6-15(7-5-14)24-17-8-3-13(12-20)11-16(17)19/h3-8,11H,2,9-10H2,1H3. The van der Waals surface area contributed by atoms with Crippen LogP contribution in [0.25, 0.3) is 0 Å². The van der Waals surface area contributed by atoms with Gasteiger partial charge < -0.3 is 14.2 Å². The van der Waals surface area contributed by atoms with Crippen LogP contribution in [-0.2, 0) is 9.53 Å². The molecule has 0 spiro atoms. The van der Waals surface area contributed by atoms with E-state index in [1.165, 1.54) is 12.1 Å². The number of nitriles is 1. The number of benzene rings is 2. The van der Waals surface area contributed by atoms with Crippen molar-refractivity contribution in [2.45, 2.75) is 13.3 Å². The third kappa shape index (κ3) is 4.99. The van der Waals surface area contributed by atoms with Gasteiger partial charge in [0.25, 0.3) is 0 Å². The minimum absolute atomic E-state index is 0.0362. The highest BCUT2D eigenvalue weighted by Crippen LogP contribution is 2.26. The first-order valence-electron chi connectivity index (χ1n) is 7.38. The summed E-state index contributed by atoms with van der Waals surface area (Å²) in [5.74, 6) is 0.173. The second-order valence-corrected chi connectivity index (χ2v) is 4.75. The van der Waals surface area contributed by atoms with Crippen LogP contribution in [0.3, 0.4) is 0 Å². The van der Waals surface area contributed by atoms with Gasteiger partial charge in [0.15, 0.2) is 11.6 Å². The van der Waals surface area contributed by atoms with E-state index in [1.807, 2.05) is 6.07 Å². The average Bonchev–Trinajstić information content (AvgIpc) is 2.61. The Morgan fingerprint density at radius 3 is 2.46 bits per heavy atom. The van der Waals surface area contributed by atoms with Crippen molar-refractivity contribution in [3.8, 4) is 23.3 Å². The largest absolute Gasteiger partial charge is 0.490 e. The Morgan fingerprint density at radius 1 is 1.12 bits per heavy atom. The van der Waals surface area contributed by atoms with Crippen LogP contribution in [0.15, 0.2) is 42.5 Å². The molecule has 0 saturated heterocycles. The fourth-order valence-electron chi connectivity index (χ4n) is 1.80. The van der Waals surface area contributed by atoms with Gasteiger partial charge in [0.2, 0.25) is 0 Å². The van der Waals surface area contributed by atoms with Crippen LogP contribution in [0.4, 0.5) is 4.39 Å². The minimum atomic E-state index is -0.605. The second-order valence-electron chi connectivity index (χ2n) is 4.75. The smallest absolute Gasteiger partial charge is 0.305 e. The molecular formula is C18H16FNO4. The van der Waals surface area contributed by atoms with E-state index in [0.717, 1.165) is 6.07 Å². The van der Waals surface area contributed by atoms with E-state index in [2.05, 4.69) is 0 Å². The maximum absolute atomic E-state index is 13.8. The van der Waals surface area contributed by atoms with Gasteiger partial charge in [0, 0.05) is 6.42 Å². The van der Waals surface area contributed by atoms with Crippen LogP contribution in [0.2, 0.25) is 0 Å². The van der Waals surface area contributed by atoms with Gasteiger partial charge in [-0.25, -0.2) is 4.39 Å².